The normalized spacial score (nSPS) is 52.1. The van der Waals surface area contributed by atoms with E-state index in [0.717, 1.165) is 38.5 Å². The van der Waals surface area contributed by atoms with Crippen LogP contribution in [0.25, 0.3) is 0 Å². The van der Waals surface area contributed by atoms with Crippen molar-refractivity contribution in [1.29, 1.82) is 0 Å². The van der Waals surface area contributed by atoms with Crippen molar-refractivity contribution in [3.05, 3.63) is 23.8 Å². The summed E-state index contributed by atoms with van der Waals surface area (Å²) < 4.78 is 24.1. The molecular weight excluding hydrogens is 712 g/mol. The SMILES string of the molecule is C=C(CCC=C(C)C)[C@H]1CC[C@]2(C)C1[C@H](O)CC1[C@@]3(C)C[C@@H](O)[C@H](OC4OC(CO)[C@@H](O)[C@H](O)[C@@H]4OC4OC(CO)[C@@H](O)[C@H](O)[C@@H]4O)C(C)(C)C3CC[C@]12C. The van der Waals surface area contributed by atoms with E-state index in [-0.39, 0.29) is 39.9 Å². The molecule has 13 heteroatoms. The van der Waals surface area contributed by atoms with Crippen LogP contribution in [0, 0.1) is 45.3 Å². The first-order valence-corrected chi connectivity index (χ1v) is 20.6. The molecule has 6 rings (SSSR count). The minimum atomic E-state index is -1.80. The summed E-state index contributed by atoms with van der Waals surface area (Å²) in [7, 11) is 0. The molecule has 316 valence electrons. The molecule has 2 saturated heterocycles. The predicted molar refractivity (Wildman–Crippen MR) is 201 cm³/mol. The molecule has 0 radical (unpaired) electrons. The number of aliphatic hydroxyl groups is 9. The smallest absolute Gasteiger partial charge is 0.187 e. The summed E-state index contributed by atoms with van der Waals surface area (Å²) in [6, 6.07) is 0. The van der Waals surface area contributed by atoms with Crippen molar-refractivity contribution in [2.24, 2.45) is 45.3 Å². The van der Waals surface area contributed by atoms with Gasteiger partial charge in [0.2, 0.25) is 0 Å². The maximum atomic E-state index is 12.2. The lowest BCUT2D eigenvalue weighted by Gasteiger charge is -2.71. The fraction of sp³-hybridized carbons (Fsp3) is 0.905. The summed E-state index contributed by atoms with van der Waals surface area (Å²) in [5.41, 5.74) is 1.28. The van der Waals surface area contributed by atoms with E-state index in [4.69, 9.17) is 18.9 Å². The van der Waals surface area contributed by atoms with Crippen LogP contribution in [0.3, 0.4) is 0 Å². The van der Waals surface area contributed by atoms with Crippen LogP contribution in [0.5, 0.6) is 0 Å². The van der Waals surface area contributed by atoms with Crippen molar-refractivity contribution < 1.29 is 64.9 Å². The molecule has 20 atom stereocenters. The maximum absolute atomic E-state index is 12.2. The average molecular weight is 783 g/mol. The van der Waals surface area contributed by atoms with E-state index in [9.17, 15) is 46.0 Å². The van der Waals surface area contributed by atoms with Crippen molar-refractivity contribution in [2.75, 3.05) is 13.2 Å². The second-order valence-electron chi connectivity index (χ2n) is 19.6. The summed E-state index contributed by atoms with van der Waals surface area (Å²) in [4.78, 5) is 0. The summed E-state index contributed by atoms with van der Waals surface area (Å²) in [6.45, 7) is 18.6. The Balaban J connectivity index is 1.25. The standard InChI is InChI=1S/C42H70O13/c1-20(2)10-9-11-21(3)22-12-14-42(8)29(22)23(45)16-28-40(6)17-24(46)36(39(4,5)27(40)13-15-41(28,42)7)55-38-35(33(50)31(48)26(19-44)53-38)54-37-34(51)32(49)30(47)25(18-43)52-37/h10,22-38,43-51H,3,9,11-19H2,1-2,4-8H3/t22-,23-,24-,25?,26?,27?,28?,29?,30-,31-,32+,33+,34+,35+,36+,37?,38?,40+,41-,42-/m1/s1. The fourth-order valence-corrected chi connectivity index (χ4v) is 13.1. The van der Waals surface area contributed by atoms with Crippen LogP contribution in [0.2, 0.25) is 0 Å². The minimum absolute atomic E-state index is 0.0487. The molecule has 7 unspecified atom stereocenters. The molecule has 0 amide bonds. The molecule has 13 nitrogen and oxygen atoms in total. The van der Waals surface area contributed by atoms with E-state index in [1.54, 1.807) is 0 Å². The van der Waals surface area contributed by atoms with Crippen LogP contribution >= 0.6 is 0 Å². The van der Waals surface area contributed by atoms with Crippen LogP contribution in [0.4, 0.5) is 0 Å². The highest BCUT2D eigenvalue weighted by Crippen LogP contribution is 2.75. The fourth-order valence-electron chi connectivity index (χ4n) is 13.1. The largest absolute Gasteiger partial charge is 0.394 e. The number of hydrogen-bond acceptors (Lipinski definition) is 13. The van der Waals surface area contributed by atoms with Gasteiger partial charge in [0.25, 0.3) is 0 Å². The molecule has 0 spiro atoms. The van der Waals surface area contributed by atoms with Gasteiger partial charge in [-0.25, -0.2) is 0 Å². The molecule has 0 bridgehead atoms. The Bertz CT molecular complexity index is 1400. The molecule has 2 aliphatic heterocycles. The van der Waals surface area contributed by atoms with Gasteiger partial charge >= 0.3 is 0 Å². The lowest BCUT2D eigenvalue weighted by atomic mass is 9.35. The third kappa shape index (κ3) is 7.12. The molecule has 9 N–H and O–H groups in total. The van der Waals surface area contributed by atoms with Crippen molar-refractivity contribution in [3.63, 3.8) is 0 Å². The maximum Gasteiger partial charge on any atom is 0.187 e. The average Bonchev–Trinajstić information content (AvgIpc) is 3.49. The van der Waals surface area contributed by atoms with E-state index in [1.165, 1.54) is 11.1 Å². The highest BCUT2D eigenvalue weighted by Gasteiger charge is 2.71. The molecule has 4 aliphatic carbocycles. The van der Waals surface area contributed by atoms with Gasteiger partial charge in [-0.15, -0.1) is 0 Å². The third-order valence-electron chi connectivity index (χ3n) is 16.1. The zero-order valence-electron chi connectivity index (χ0n) is 33.8. The Kier molecular flexibility index (Phi) is 12.6. The van der Waals surface area contributed by atoms with Gasteiger partial charge in [0.15, 0.2) is 12.6 Å². The minimum Gasteiger partial charge on any atom is -0.394 e. The Morgan fingerprint density at radius 3 is 1.95 bits per heavy atom. The molecule has 0 aromatic carbocycles. The van der Waals surface area contributed by atoms with Gasteiger partial charge in [-0.05, 0) is 111 Å². The van der Waals surface area contributed by atoms with E-state index >= 15 is 0 Å². The first-order chi connectivity index (χ1) is 25.7. The van der Waals surface area contributed by atoms with Crippen molar-refractivity contribution in [3.8, 4) is 0 Å². The number of ether oxygens (including phenoxy) is 4. The highest BCUT2D eigenvalue weighted by molar-refractivity contribution is 5.23. The molecule has 0 aromatic rings. The van der Waals surface area contributed by atoms with Crippen LogP contribution in [0.15, 0.2) is 23.8 Å². The molecule has 0 aromatic heterocycles. The summed E-state index contributed by atoms with van der Waals surface area (Å²) in [5, 5.41) is 97.6. The van der Waals surface area contributed by atoms with Crippen molar-refractivity contribution in [2.45, 2.75) is 180 Å². The van der Waals surface area contributed by atoms with Gasteiger partial charge < -0.3 is 64.9 Å². The quantitative estimate of drug-likeness (QED) is 0.115. The molecular formula is C42H70O13. The molecule has 6 fully saturated rings. The zero-order valence-corrected chi connectivity index (χ0v) is 33.8. The van der Waals surface area contributed by atoms with E-state index < -0.39 is 98.4 Å². The van der Waals surface area contributed by atoms with E-state index in [2.05, 4.69) is 61.1 Å². The van der Waals surface area contributed by atoms with E-state index in [1.807, 2.05) is 0 Å². The molecule has 6 aliphatic rings. The third-order valence-corrected chi connectivity index (χ3v) is 16.1. The molecule has 2 heterocycles. The first kappa shape index (κ1) is 43.5. The van der Waals surface area contributed by atoms with Crippen LogP contribution in [-0.4, -0.2) is 139 Å². The van der Waals surface area contributed by atoms with Crippen molar-refractivity contribution >= 4 is 0 Å². The Morgan fingerprint density at radius 2 is 1.33 bits per heavy atom. The van der Waals surface area contributed by atoms with Crippen LogP contribution in [0.1, 0.15) is 99.8 Å². The Morgan fingerprint density at radius 1 is 0.727 bits per heavy atom. The number of rotatable bonds is 10. The monoisotopic (exact) mass is 782 g/mol. The van der Waals surface area contributed by atoms with Gasteiger partial charge in [0, 0.05) is 0 Å². The van der Waals surface area contributed by atoms with Gasteiger partial charge in [0.1, 0.15) is 48.8 Å². The first-order valence-electron chi connectivity index (χ1n) is 20.6. The van der Waals surface area contributed by atoms with Gasteiger partial charge in [0.05, 0.1) is 31.5 Å². The zero-order chi connectivity index (χ0) is 40.6. The van der Waals surface area contributed by atoms with Gasteiger partial charge in [-0.2, -0.15) is 0 Å². The Labute approximate surface area is 326 Å². The summed E-state index contributed by atoms with van der Waals surface area (Å²) >= 11 is 0. The molecule has 4 saturated carbocycles. The van der Waals surface area contributed by atoms with Crippen molar-refractivity contribution in [1.82, 2.24) is 0 Å². The summed E-state index contributed by atoms with van der Waals surface area (Å²) in [6.07, 6.45) is -9.14. The molecule has 55 heavy (non-hydrogen) atoms. The number of fused-ring (bicyclic) bond motifs is 5. The second-order valence-corrected chi connectivity index (χ2v) is 19.6. The lowest BCUT2D eigenvalue weighted by Crippen LogP contribution is -2.69. The van der Waals surface area contributed by atoms with Gasteiger partial charge in [-0.1, -0.05) is 58.4 Å². The number of allylic oxidation sites excluding steroid dienone is 3. The number of hydrogen-bond donors (Lipinski definition) is 9. The van der Waals surface area contributed by atoms with Crippen LogP contribution in [-0.2, 0) is 18.9 Å². The second kappa shape index (κ2) is 15.9. The van der Waals surface area contributed by atoms with E-state index in [0.29, 0.717) is 12.8 Å². The summed E-state index contributed by atoms with van der Waals surface area (Å²) in [5.74, 6) is 0.556. The Hall–Kier alpha value is -1.04. The predicted octanol–water partition coefficient (Wildman–Crippen LogP) is 1.93. The number of aliphatic hydroxyl groups excluding tert-OH is 9. The lowest BCUT2D eigenvalue weighted by molar-refractivity contribution is -0.383. The van der Waals surface area contributed by atoms with Crippen LogP contribution < -0.4 is 0 Å². The highest BCUT2D eigenvalue weighted by atomic mass is 16.8. The van der Waals surface area contributed by atoms with Gasteiger partial charge in [-0.3, -0.25) is 0 Å². The topological polar surface area (TPSA) is 219 Å².